The van der Waals surface area contributed by atoms with Gasteiger partial charge in [0.15, 0.2) is 0 Å². The van der Waals surface area contributed by atoms with Crippen LogP contribution in [0.3, 0.4) is 0 Å². The standard InChI is InChI=1S/C13H15NO3/c14-9-11-2-1-3-12(8-11)16-6-7-17-13-4-5-15-10-13/h1-3,8,13H,4-7,10H2. The zero-order valence-electron chi connectivity index (χ0n) is 9.59. The number of nitrogens with zero attached hydrogens (tertiary/aromatic N) is 1. The zero-order chi connectivity index (χ0) is 11.9. The molecule has 1 aromatic rings. The number of hydrogen-bond donors (Lipinski definition) is 0. The lowest BCUT2D eigenvalue weighted by Crippen LogP contribution is -2.17. The molecule has 17 heavy (non-hydrogen) atoms. The lowest BCUT2D eigenvalue weighted by Gasteiger charge is -2.10. The molecule has 1 fully saturated rings. The largest absolute Gasteiger partial charge is 0.491 e. The van der Waals surface area contributed by atoms with E-state index >= 15 is 0 Å². The van der Waals surface area contributed by atoms with Crippen LogP contribution in [0.15, 0.2) is 24.3 Å². The molecule has 1 aromatic carbocycles. The average molecular weight is 233 g/mol. The van der Waals surface area contributed by atoms with E-state index in [-0.39, 0.29) is 6.10 Å². The van der Waals surface area contributed by atoms with Crippen LogP contribution in [-0.2, 0) is 9.47 Å². The first-order chi connectivity index (χ1) is 8.38. The summed E-state index contributed by atoms with van der Waals surface area (Å²) in [6.45, 7) is 2.51. The van der Waals surface area contributed by atoms with Crippen molar-refractivity contribution >= 4 is 0 Å². The van der Waals surface area contributed by atoms with Gasteiger partial charge < -0.3 is 14.2 Å². The molecule has 2 rings (SSSR count). The van der Waals surface area contributed by atoms with E-state index in [9.17, 15) is 0 Å². The van der Waals surface area contributed by atoms with Crippen molar-refractivity contribution < 1.29 is 14.2 Å². The number of ether oxygens (including phenoxy) is 3. The summed E-state index contributed by atoms with van der Waals surface area (Å²) in [5, 5.41) is 8.73. The van der Waals surface area contributed by atoms with E-state index in [1.165, 1.54) is 0 Å². The Morgan fingerprint density at radius 1 is 1.41 bits per heavy atom. The molecule has 90 valence electrons. The van der Waals surface area contributed by atoms with Crippen molar-refractivity contribution in [2.75, 3.05) is 26.4 Å². The summed E-state index contributed by atoms with van der Waals surface area (Å²) in [6.07, 6.45) is 1.17. The molecule has 1 unspecified atom stereocenters. The molecule has 0 aliphatic carbocycles. The van der Waals surface area contributed by atoms with Crippen LogP contribution in [0.5, 0.6) is 5.75 Å². The fourth-order valence-corrected chi connectivity index (χ4v) is 1.67. The Balaban J connectivity index is 1.68. The third kappa shape index (κ3) is 3.74. The van der Waals surface area contributed by atoms with Crippen LogP contribution in [0.25, 0.3) is 0 Å². The summed E-state index contributed by atoms with van der Waals surface area (Å²) in [6, 6.07) is 9.18. The molecule has 0 saturated carbocycles. The Kier molecular flexibility index (Phi) is 4.37. The molecular formula is C13H15NO3. The highest BCUT2D eigenvalue weighted by Gasteiger charge is 2.15. The Bertz CT molecular complexity index is 394. The van der Waals surface area contributed by atoms with Gasteiger partial charge >= 0.3 is 0 Å². The minimum Gasteiger partial charge on any atom is -0.491 e. The molecule has 0 radical (unpaired) electrons. The van der Waals surface area contributed by atoms with Crippen molar-refractivity contribution in [1.29, 1.82) is 5.26 Å². The molecule has 1 heterocycles. The van der Waals surface area contributed by atoms with Crippen LogP contribution >= 0.6 is 0 Å². The monoisotopic (exact) mass is 233 g/mol. The summed E-state index contributed by atoms with van der Waals surface area (Å²) in [7, 11) is 0. The summed E-state index contributed by atoms with van der Waals surface area (Å²) in [4.78, 5) is 0. The fraction of sp³-hybridized carbons (Fsp3) is 0.462. The van der Waals surface area contributed by atoms with Gasteiger partial charge in [0.25, 0.3) is 0 Å². The number of nitriles is 1. The summed E-state index contributed by atoms with van der Waals surface area (Å²) < 4.78 is 16.3. The third-order valence-corrected chi connectivity index (χ3v) is 2.56. The van der Waals surface area contributed by atoms with Gasteiger partial charge in [0.05, 0.1) is 31.0 Å². The Morgan fingerprint density at radius 2 is 2.35 bits per heavy atom. The number of benzene rings is 1. The summed E-state index contributed by atoms with van der Waals surface area (Å²) in [5.74, 6) is 0.704. The first-order valence-electron chi connectivity index (χ1n) is 5.71. The molecule has 0 amide bonds. The minimum atomic E-state index is 0.212. The zero-order valence-corrected chi connectivity index (χ0v) is 9.59. The SMILES string of the molecule is N#Cc1cccc(OCCOC2CCOC2)c1. The van der Waals surface area contributed by atoms with Crippen LogP contribution in [-0.4, -0.2) is 32.5 Å². The number of hydrogen-bond acceptors (Lipinski definition) is 4. The van der Waals surface area contributed by atoms with E-state index in [2.05, 4.69) is 6.07 Å². The van der Waals surface area contributed by atoms with Crippen LogP contribution in [0.1, 0.15) is 12.0 Å². The normalized spacial score (nSPS) is 18.9. The van der Waals surface area contributed by atoms with Crippen LogP contribution in [0.4, 0.5) is 0 Å². The van der Waals surface area contributed by atoms with Gasteiger partial charge in [-0.1, -0.05) is 6.07 Å². The van der Waals surface area contributed by atoms with Crippen molar-refractivity contribution in [2.24, 2.45) is 0 Å². The maximum atomic E-state index is 8.73. The van der Waals surface area contributed by atoms with Crippen LogP contribution < -0.4 is 4.74 Å². The molecular weight excluding hydrogens is 218 g/mol. The first-order valence-corrected chi connectivity index (χ1v) is 5.71. The van der Waals surface area contributed by atoms with Crippen molar-refractivity contribution in [1.82, 2.24) is 0 Å². The van der Waals surface area contributed by atoms with Gasteiger partial charge in [0, 0.05) is 6.61 Å². The van der Waals surface area contributed by atoms with Crippen molar-refractivity contribution in [3.05, 3.63) is 29.8 Å². The third-order valence-electron chi connectivity index (χ3n) is 2.56. The van der Waals surface area contributed by atoms with E-state index < -0.39 is 0 Å². The molecule has 0 N–H and O–H groups in total. The van der Waals surface area contributed by atoms with Crippen LogP contribution in [0.2, 0.25) is 0 Å². The van der Waals surface area contributed by atoms with E-state index in [0.717, 1.165) is 13.0 Å². The number of rotatable bonds is 5. The molecule has 0 aromatic heterocycles. The van der Waals surface area contributed by atoms with E-state index in [1.54, 1.807) is 18.2 Å². The fourth-order valence-electron chi connectivity index (χ4n) is 1.67. The Labute approximate surface area is 101 Å². The molecule has 1 aliphatic rings. The van der Waals surface area contributed by atoms with E-state index in [1.807, 2.05) is 6.07 Å². The molecule has 1 saturated heterocycles. The predicted octanol–water partition coefficient (Wildman–Crippen LogP) is 1.74. The van der Waals surface area contributed by atoms with Crippen molar-refractivity contribution in [2.45, 2.75) is 12.5 Å². The van der Waals surface area contributed by atoms with Gasteiger partial charge in [-0.25, -0.2) is 0 Å². The highest BCUT2D eigenvalue weighted by atomic mass is 16.6. The molecule has 1 atom stereocenters. The highest BCUT2D eigenvalue weighted by molar-refractivity contribution is 5.36. The average Bonchev–Trinajstić information content (AvgIpc) is 2.88. The van der Waals surface area contributed by atoms with Crippen molar-refractivity contribution in [3.8, 4) is 11.8 Å². The van der Waals surface area contributed by atoms with Gasteiger partial charge in [-0.3, -0.25) is 0 Å². The molecule has 1 aliphatic heterocycles. The Hall–Kier alpha value is -1.57. The van der Waals surface area contributed by atoms with Crippen molar-refractivity contribution in [3.63, 3.8) is 0 Å². The van der Waals surface area contributed by atoms with Crippen LogP contribution in [0, 0.1) is 11.3 Å². The molecule has 0 bridgehead atoms. The maximum Gasteiger partial charge on any atom is 0.120 e. The maximum absolute atomic E-state index is 8.73. The second kappa shape index (κ2) is 6.24. The molecule has 4 nitrogen and oxygen atoms in total. The van der Waals surface area contributed by atoms with Gasteiger partial charge in [0.1, 0.15) is 12.4 Å². The predicted molar refractivity (Wildman–Crippen MR) is 61.8 cm³/mol. The second-order valence-electron chi connectivity index (χ2n) is 3.84. The topological polar surface area (TPSA) is 51.5 Å². The van der Waals surface area contributed by atoms with Gasteiger partial charge in [-0.2, -0.15) is 5.26 Å². The van der Waals surface area contributed by atoms with E-state index in [0.29, 0.717) is 31.1 Å². The lowest BCUT2D eigenvalue weighted by atomic mass is 10.2. The lowest BCUT2D eigenvalue weighted by molar-refractivity contribution is 0.0265. The second-order valence-corrected chi connectivity index (χ2v) is 3.84. The molecule has 4 heteroatoms. The van der Waals surface area contributed by atoms with Gasteiger partial charge in [0.2, 0.25) is 0 Å². The van der Waals surface area contributed by atoms with Gasteiger partial charge in [-0.15, -0.1) is 0 Å². The highest BCUT2D eigenvalue weighted by Crippen LogP contribution is 2.13. The molecule has 0 spiro atoms. The smallest absolute Gasteiger partial charge is 0.120 e. The minimum absolute atomic E-state index is 0.212. The Morgan fingerprint density at radius 3 is 3.12 bits per heavy atom. The van der Waals surface area contributed by atoms with E-state index in [4.69, 9.17) is 19.5 Å². The quantitative estimate of drug-likeness (QED) is 0.727. The summed E-state index contributed by atoms with van der Waals surface area (Å²) in [5.41, 5.74) is 0.604. The first kappa shape index (κ1) is 11.9. The summed E-state index contributed by atoms with van der Waals surface area (Å²) >= 11 is 0. The van der Waals surface area contributed by atoms with Gasteiger partial charge in [-0.05, 0) is 24.6 Å².